The summed E-state index contributed by atoms with van der Waals surface area (Å²) >= 11 is 0. The van der Waals surface area contributed by atoms with Gasteiger partial charge in [-0.25, -0.2) is 19.6 Å². The van der Waals surface area contributed by atoms with E-state index in [1.807, 2.05) is 62.1 Å². The van der Waals surface area contributed by atoms with Crippen LogP contribution >= 0.6 is 0 Å². The maximum Gasteiger partial charge on any atom is 0.409 e. The molecular formula is C28H35N5O5. The summed E-state index contributed by atoms with van der Waals surface area (Å²) in [6.07, 6.45) is 1.06. The second-order valence-corrected chi connectivity index (χ2v) is 10.4. The van der Waals surface area contributed by atoms with Gasteiger partial charge in [-0.2, -0.15) is 0 Å². The Balaban J connectivity index is 1.89. The third kappa shape index (κ3) is 5.29. The first kappa shape index (κ1) is 27.0. The number of carbonyl (C=O) groups excluding carboxylic acids is 2. The minimum atomic E-state index is -0.634. The summed E-state index contributed by atoms with van der Waals surface area (Å²) in [7, 11) is 3.44. The second kappa shape index (κ2) is 10.4. The number of pyridine rings is 1. The fourth-order valence-corrected chi connectivity index (χ4v) is 4.43. The maximum atomic E-state index is 12.7. The Morgan fingerprint density at radius 3 is 2.53 bits per heavy atom. The molecule has 1 atom stereocenters. The van der Waals surface area contributed by atoms with Crippen molar-refractivity contribution in [3.63, 3.8) is 0 Å². The Bertz CT molecular complexity index is 1500. The van der Waals surface area contributed by atoms with Gasteiger partial charge in [-0.1, -0.05) is 6.92 Å². The predicted molar refractivity (Wildman–Crippen MR) is 145 cm³/mol. The first-order valence-corrected chi connectivity index (χ1v) is 12.6. The number of nitrogens with one attached hydrogen (secondary N) is 1. The number of methoxy groups -OCH3 is 1. The van der Waals surface area contributed by atoms with Crippen LogP contribution in [-0.4, -0.2) is 50.0 Å². The average molecular weight is 522 g/mol. The van der Waals surface area contributed by atoms with E-state index in [9.17, 15) is 9.59 Å². The summed E-state index contributed by atoms with van der Waals surface area (Å²) < 4.78 is 20.4. The van der Waals surface area contributed by atoms with Crippen LogP contribution in [0.15, 0.2) is 36.5 Å². The van der Waals surface area contributed by atoms with Gasteiger partial charge >= 0.3 is 12.1 Å². The number of fused-ring (bicyclic) bond motifs is 2. The van der Waals surface area contributed by atoms with E-state index in [1.165, 1.54) is 0 Å². The van der Waals surface area contributed by atoms with Crippen LogP contribution in [0, 0.1) is 0 Å². The van der Waals surface area contributed by atoms with Gasteiger partial charge in [0.25, 0.3) is 0 Å². The molecule has 0 saturated carbocycles. The number of aryl methyl sites for hydroxylation is 1. The monoisotopic (exact) mass is 521 g/mol. The van der Waals surface area contributed by atoms with E-state index in [4.69, 9.17) is 19.2 Å². The molecule has 4 rings (SSSR count). The van der Waals surface area contributed by atoms with Crippen molar-refractivity contribution in [1.82, 2.24) is 24.4 Å². The maximum absolute atomic E-state index is 12.7. The van der Waals surface area contributed by atoms with Crippen molar-refractivity contribution < 1.29 is 23.8 Å². The molecule has 3 aromatic heterocycles. The molecule has 1 amide bonds. The number of nitrogens with zero attached hydrogens (tertiary/aromatic N) is 4. The number of aromatic nitrogens is 4. The molecule has 0 aliphatic heterocycles. The highest BCUT2D eigenvalue weighted by atomic mass is 16.6. The summed E-state index contributed by atoms with van der Waals surface area (Å²) in [5.41, 5.74) is 2.47. The van der Waals surface area contributed by atoms with Crippen molar-refractivity contribution in [2.24, 2.45) is 7.05 Å². The van der Waals surface area contributed by atoms with Crippen LogP contribution in [0.1, 0.15) is 64.5 Å². The number of rotatable bonds is 7. The van der Waals surface area contributed by atoms with Gasteiger partial charge in [-0.05, 0) is 71.4 Å². The zero-order valence-electron chi connectivity index (χ0n) is 23.2. The molecule has 10 heteroatoms. The normalized spacial score (nSPS) is 12.7. The van der Waals surface area contributed by atoms with Crippen LogP contribution in [0.5, 0.6) is 5.75 Å². The zero-order chi connectivity index (χ0) is 27.8. The van der Waals surface area contributed by atoms with Gasteiger partial charge in [0.2, 0.25) is 0 Å². The van der Waals surface area contributed by atoms with Crippen molar-refractivity contribution in [3.05, 3.63) is 42.1 Å². The summed E-state index contributed by atoms with van der Waals surface area (Å²) in [6, 6.07) is 9.18. The van der Waals surface area contributed by atoms with E-state index in [-0.39, 0.29) is 6.10 Å². The van der Waals surface area contributed by atoms with Gasteiger partial charge in [0.15, 0.2) is 5.82 Å². The van der Waals surface area contributed by atoms with E-state index < -0.39 is 23.8 Å². The summed E-state index contributed by atoms with van der Waals surface area (Å²) in [6.45, 7) is 11.0. The number of carbonyl (C=O) groups is 2. The highest BCUT2D eigenvalue weighted by Gasteiger charge is 2.26. The number of hydrogen-bond acceptors (Lipinski definition) is 7. The largest absolute Gasteiger partial charge is 0.494 e. The van der Waals surface area contributed by atoms with Crippen molar-refractivity contribution in [1.29, 1.82) is 0 Å². The molecular weight excluding hydrogens is 486 g/mol. The van der Waals surface area contributed by atoms with Gasteiger partial charge in [-0.3, -0.25) is 0 Å². The lowest BCUT2D eigenvalue weighted by Gasteiger charge is -2.25. The minimum absolute atomic E-state index is 0.254. The fraction of sp³-hybridized carbons (Fsp3) is 0.429. The van der Waals surface area contributed by atoms with Gasteiger partial charge < -0.3 is 28.7 Å². The van der Waals surface area contributed by atoms with Crippen LogP contribution in [0.3, 0.4) is 0 Å². The molecule has 0 saturated heterocycles. The lowest BCUT2D eigenvalue weighted by Crippen LogP contribution is -2.37. The zero-order valence-corrected chi connectivity index (χ0v) is 23.2. The van der Waals surface area contributed by atoms with Crippen molar-refractivity contribution >= 4 is 34.1 Å². The SMILES string of the molecule is CCC(NC(=O)OC(C)(C)C)n1c(-c2nc3cc(C(=O)OC(C)C)cc(OC)c3n2C)cc2cccnc21. The number of benzene rings is 1. The van der Waals surface area contributed by atoms with E-state index in [1.54, 1.807) is 39.3 Å². The molecule has 4 aromatic rings. The van der Waals surface area contributed by atoms with Crippen LogP contribution < -0.4 is 10.1 Å². The molecule has 0 bridgehead atoms. The highest BCUT2D eigenvalue weighted by molar-refractivity contribution is 5.97. The number of esters is 1. The Hall–Kier alpha value is -4.08. The smallest absolute Gasteiger partial charge is 0.409 e. The molecule has 1 unspecified atom stereocenters. The van der Waals surface area contributed by atoms with Gasteiger partial charge in [0.1, 0.15) is 28.7 Å². The van der Waals surface area contributed by atoms with Crippen LogP contribution in [0.2, 0.25) is 0 Å². The van der Waals surface area contributed by atoms with Crippen molar-refractivity contribution in [2.45, 2.75) is 65.8 Å². The number of ether oxygens (including phenoxy) is 3. The fourth-order valence-electron chi connectivity index (χ4n) is 4.43. The molecule has 1 N–H and O–H groups in total. The van der Waals surface area contributed by atoms with Gasteiger partial charge in [-0.15, -0.1) is 0 Å². The number of hydrogen-bond donors (Lipinski definition) is 1. The molecule has 1 aromatic carbocycles. The van der Waals surface area contributed by atoms with E-state index in [0.29, 0.717) is 34.7 Å². The lowest BCUT2D eigenvalue weighted by molar-refractivity contribution is 0.0376. The summed E-state index contributed by atoms with van der Waals surface area (Å²) in [5.74, 6) is 0.674. The van der Waals surface area contributed by atoms with Gasteiger partial charge in [0, 0.05) is 18.6 Å². The molecule has 0 radical (unpaired) electrons. The number of amides is 1. The standard InChI is InChI=1S/C28H35N5O5/c1-9-22(31-27(35)38-28(4,5)6)33-20(14-17-11-10-12-29-24(17)33)25-30-19-13-18(26(34)37-16(2)3)15-21(36-8)23(19)32(25)7/h10-16,22H,9H2,1-8H3,(H,31,35). The highest BCUT2D eigenvalue weighted by Crippen LogP contribution is 2.35. The predicted octanol–water partition coefficient (Wildman–Crippen LogP) is 5.60. The summed E-state index contributed by atoms with van der Waals surface area (Å²) in [5, 5.41) is 3.88. The minimum Gasteiger partial charge on any atom is -0.494 e. The third-order valence-corrected chi connectivity index (χ3v) is 5.94. The Labute approximate surface area is 221 Å². The van der Waals surface area contributed by atoms with Crippen molar-refractivity contribution in [2.75, 3.05) is 7.11 Å². The molecule has 38 heavy (non-hydrogen) atoms. The number of imidazole rings is 1. The first-order valence-electron chi connectivity index (χ1n) is 12.6. The Morgan fingerprint density at radius 2 is 1.89 bits per heavy atom. The lowest BCUT2D eigenvalue weighted by atomic mass is 10.2. The average Bonchev–Trinajstić information content (AvgIpc) is 3.38. The topological polar surface area (TPSA) is 110 Å². The second-order valence-electron chi connectivity index (χ2n) is 10.4. The van der Waals surface area contributed by atoms with E-state index in [0.717, 1.165) is 16.6 Å². The van der Waals surface area contributed by atoms with E-state index >= 15 is 0 Å². The van der Waals surface area contributed by atoms with Gasteiger partial charge in [0.05, 0.1) is 30.0 Å². The molecule has 0 aliphatic carbocycles. The molecule has 3 heterocycles. The van der Waals surface area contributed by atoms with Crippen LogP contribution in [0.4, 0.5) is 4.79 Å². The van der Waals surface area contributed by atoms with E-state index in [2.05, 4.69) is 10.3 Å². The first-order chi connectivity index (χ1) is 17.9. The third-order valence-electron chi connectivity index (χ3n) is 5.94. The number of alkyl carbamates (subject to hydrolysis) is 1. The molecule has 0 fully saturated rings. The molecule has 0 aliphatic rings. The molecule has 10 nitrogen and oxygen atoms in total. The van der Waals surface area contributed by atoms with Crippen LogP contribution in [0.25, 0.3) is 33.6 Å². The quantitative estimate of drug-likeness (QED) is 0.315. The van der Waals surface area contributed by atoms with Crippen molar-refractivity contribution in [3.8, 4) is 17.3 Å². The Morgan fingerprint density at radius 1 is 1.16 bits per heavy atom. The van der Waals surface area contributed by atoms with Crippen LogP contribution in [-0.2, 0) is 16.5 Å². The molecule has 0 spiro atoms. The summed E-state index contributed by atoms with van der Waals surface area (Å²) in [4.78, 5) is 34.9. The Kier molecular flexibility index (Phi) is 7.35. The molecule has 202 valence electrons.